The molecule has 0 aromatic heterocycles. The fourth-order valence-corrected chi connectivity index (χ4v) is 6.84. The number of halogens is 2. The van der Waals surface area contributed by atoms with Crippen LogP contribution in [0.2, 0.25) is 0 Å². The summed E-state index contributed by atoms with van der Waals surface area (Å²) in [4.78, 5) is 44.0. The summed E-state index contributed by atoms with van der Waals surface area (Å²) < 4.78 is 40.2. The number of fused-ring (bicyclic) bond motifs is 1. The van der Waals surface area contributed by atoms with Gasteiger partial charge in [0.25, 0.3) is 0 Å². The van der Waals surface area contributed by atoms with Gasteiger partial charge >= 0.3 is 13.1 Å². The van der Waals surface area contributed by atoms with Gasteiger partial charge in [-0.05, 0) is 104 Å². The molecule has 286 valence electrons. The lowest BCUT2D eigenvalue weighted by atomic mass is 9.74. The summed E-state index contributed by atoms with van der Waals surface area (Å²) in [6.07, 6.45) is 4.01. The second-order valence-corrected chi connectivity index (χ2v) is 15.9. The molecule has 0 saturated carbocycles. The number of carbonyl (C=O) groups excluding carboxylic acids is 3. The Kier molecular flexibility index (Phi) is 11.7. The molecule has 2 atom stereocenters. The monoisotopic (exact) mass is 747 g/mol. The lowest BCUT2D eigenvalue weighted by Crippen LogP contribution is -2.58. The van der Waals surface area contributed by atoms with Crippen molar-refractivity contribution in [3.8, 4) is 0 Å². The van der Waals surface area contributed by atoms with E-state index >= 15 is 0 Å². The zero-order chi connectivity index (χ0) is 39.5. The number of Topliss-reactive ketones (excluding diaryl/α,β-unsaturated/α-hetero) is 1. The maximum atomic E-state index is 14.4. The maximum absolute atomic E-state index is 14.4. The van der Waals surface area contributed by atoms with E-state index in [1.165, 1.54) is 29.2 Å². The van der Waals surface area contributed by atoms with E-state index in [9.17, 15) is 23.2 Å². The number of hydrogen-bond acceptors (Lipinski definition) is 5. The summed E-state index contributed by atoms with van der Waals surface area (Å²) in [7, 11) is -0.709. The lowest BCUT2D eigenvalue weighted by molar-refractivity contribution is -0.123. The minimum Gasteiger partial charge on any atom is -0.402 e. The number of piperidine rings is 1. The summed E-state index contributed by atoms with van der Waals surface area (Å²) >= 11 is 0. The summed E-state index contributed by atoms with van der Waals surface area (Å²) in [5, 5.41) is 8.21. The van der Waals surface area contributed by atoms with Crippen molar-refractivity contribution in [3.05, 3.63) is 130 Å². The minimum atomic E-state index is -1.02. The van der Waals surface area contributed by atoms with Crippen LogP contribution in [0.4, 0.5) is 13.6 Å². The van der Waals surface area contributed by atoms with Crippen LogP contribution in [0.25, 0.3) is 22.9 Å². The topological polar surface area (TPSA) is 97.0 Å². The van der Waals surface area contributed by atoms with Crippen molar-refractivity contribution in [2.75, 3.05) is 13.1 Å². The number of nitrogens with zero attached hydrogens (tertiary/aromatic N) is 1. The van der Waals surface area contributed by atoms with Crippen LogP contribution in [0.1, 0.15) is 64.7 Å². The molecule has 11 heteroatoms. The fourth-order valence-electron chi connectivity index (χ4n) is 6.84. The van der Waals surface area contributed by atoms with Crippen LogP contribution >= 0.6 is 0 Å². The third-order valence-electron chi connectivity index (χ3n) is 10.5. The van der Waals surface area contributed by atoms with Crippen molar-refractivity contribution in [2.45, 2.75) is 77.6 Å². The third-order valence-corrected chi connectivity index (χ3v) is 10.5. The van der Waals surface area contributed by atoms with Crippen LogP contribution in [0, 0.1) is 17.6 Å². The highest BCUT2D eigenvalue weighted by molar-refractivity contribution is 6.48. The Labute approximate surface area is 322 Å². The van der Waals surface area contributed by atoms with Crippen LogP contribution in [0.15, 0.2) is 102 Å². The Morgan fingerprint density at radius 2 is 1.31 bits per heavy atom. The zero-order valence-electron chi connectivity index (χ0n) is 32.2. The lowest BCUT2D eigenvalue weighted by Gasteiger charge is -2.32. The van der Waals surface area contributed by atoms with Crippen LogP contribution in [0.3, 0.4) is 0 Å². The van der Waals surface area contributed by atoms with Crippen molar-refractivity contribution in [3.63, 3.8) is 0 Å². The summed E-state index contributed by atoms with van der Waals surface area (Å²) in [6.45, 7) is 11.9. The average Bonchev–Trinajstić information content (AvgIpc) is 3.36. The number of carbonyl (C=O) groups is 3. The molecular weight excluding hydrogens is 699 g/mol. The first-order valence-electron chi connectivity index (χ1n) is 18.7. The molecule has 2 fully saturated rings. The molecular formula is C44H48BF2N3O5. The number of hydrogen-bond donors (Lipinski definition) is 2. The molecule has 6 rings (SSSR count). The van der Waals surface area contributed by atoms with Crippen molar-refractivity contribution in [2.24, 2.45) is 5.92 Å². The molecule has 0 radical (unpaired) electrons. The first-order valence-corrected chi connectivity index (χ1v) is 18.7. The predicted molar refractivity (Wildman–Crippen MR) is 213 cm³/mol. The number of amides is 3. The molecule has 2 N–H and O–H groups in total. The Hall–Kier alpha value is -5.13. The fraction of sp³-hybridized carbons (Fsp3) is 0.341. The van der Waals surface area contributed by atoms with E-state index in [4.69, 9.17) is 9.31 Å². The summed E-state index contributed by atoms with van der Waals surface area (Å²) in [6, 6.07) is 23.7. The maximum Gasteiger partial charge on any atom is 0.481 e. The van der Waals surface area contributed by atoms with Gasteiger partial charge in [-0.2, -0.15) is 0 Å². The van der Waals surface area contributed by atoms with Gasteiger partial charge in [0.15, 0.2) is 5.78 Å². The number of likely N-dealkylation sites (tertiary alicyclic amines) is 1. The van der Waals surface area contributed by atoms with Crippen molar-refractivity contribution in [1.82, 2.24) is 15.5 Å². The van der Waals surface area contributed by atoms with Crippen LogP contribution < -0.4 is 10.6 Å². The summed E-state index contributed by atoms with van der Waals surface area (Å²) in [5.41, 5.74) is 1.39. The van der Waals surface area contributed by atoms with Crippen LogP contribution in [-0.2, 0) is 25.3 Å². The van der Waals surface area contributed by atoms with Gasteiger partial charge in [0.2, 0.25) is 5.91 Å². The molecule has 0 spiro atoms. The van der Waals surface area contributed by atoms with Gasteiger partial charge in [-0.15, -0.1) is 0 Å². The second kappa shape index (κ2) is 16.3. The van der Waals surface area contributed by atoms with Gasteiger partial charge in [-0.1, -0.05) is 80.6 Å². The molecule has 2 heterocycles. The quantitative estimate of drug-likeness (QED) is 0.127. The van der Waals surface area contributed by atoms with Crippen molar-refractivity contribution >= 4 is 47.8 Å². The molecule has 4 aromatic rings. The molecule has 0 unspecified atom stereocenters. The average molecular weight is 748 g/mol. The Bertz CT molecular complexity index is 2030. The molecule has 0 bridgehead atoms. The van der Waals surface area contributed by atoms with E-state index in [0.29, 0.717) is 28.7 Å². The SMILES string of the molecule is CC(C)C[C@H](NC(=O)[C@H](Cc1ccc2ccccc2c1)NC(=O)N1C/C(=C\c2ccc(F)cc2)C(=O)/C(=C/c2ccc(F)cc2)C1)B1OC(C)(C)C(C)(C)O1. The van der Waals surface area contributed by atoms with Gasteiger partial charge in [-0.3, -0.25) is 9.59 Å². The highest BCUT2D eigenvalue weighted by Gasteiger charge is 2.54. The number of nitrogens with one attached hydrogen (secondary N) is 2. The van der Waals surface area contributed by atoms with Gasteiger partial charge in [0.05, 0.1) is 30.2 Å². The van der Waals surface area contributed by atoms with E-state index < -0.39 is 53.9 Å². The molecule has 2 saturated heterocycles. The van der Waals surface area contributed by atoms with Crippen LogP contribution in [-0.4, -0.2) is 66.0 Å². The standard InChI is InChI=1S/C44H48BF2N3O5/c1-28(2)21-39(45-54-43(3,4)44(5,6)55-45)49-41(52)38(25-31-11-16-32-9-7-8-10-33(32)24-31)48-42(53)50-26-34(22-29-12-17-36(46)18-13-29)40(51)35(27-50)23-30-14-19-37(47)20-15-30/h7-20,22-24,28,38-39H,21,25-27H2,1-6H3,(H,48,53)(H,49,52)/b34-22+,35-23+/t38-,39-/m0/s1. The van der Waals surface area contributed by atoms with E-state index in [1.807, 2.05) is 70.2 Å². The van der Waals surface area contributed by atoms with Gasteiger partial charge in [-0.25, -0.2) is 13.6 Å². The molecule has 8 nitrogen and oxygen atoms in total. The smallest absolute Gasteiger partial charge is 0.402 e. The molecule has 2 aliphatic heterocycles. The first kappa shape index (κ1) is 39.6. The number of ketones is 1. The van der Waals surface area contributed by atoms with Crippen LogP contribution in [0.5, 0.6) is 0 Å². The number of urea groups is 1. The zero-order valence-corrected chi connectivity index (χ0v) is 32.2. The normalized spacial score (nSPS) is 19.3. The molecule has 4 aromatic carbocycles. The minimum absolute atomic E-state index is 0.0585. The molecule has 2 aliphatic rings. The third kappa shape index (κ3) is 9.58. The van der Waals surface area contributed by atoms with E-state index in [-0.39, 0.29) is 31.2 Å². The first-order chi connectivity index (χ1) is 26.1. The van der Waals surface area contributed by atoms with Crippen molar-refractivity contribution < 1.29 is 32.5 Å². The molecule has 0 aliphatic carbocycles. The Balaban J connectivity index is 1.31. The van der Waals surface area contributed by atoms with Gasteiger partial charge in [0, 0.05) is 17.6 Å². The largest absolute Gasteiger partial charge is 0.481 e. The number of benzene rings is 4. The highest BCUT2D eigenvalue weighted by atomic mass is 19.1. The van der Waals surface area contributed by atoms with E-state index in [2.05, 4.69) is 24.5 Å². The molecule has 3 amide bonds. The Morgan fingerprint density at radius 1 is 0.782 bits per heavy atom. The summed E-state index contributed by atoms with van der Waals surface area (Å²) in [5.74, 6) is -1.84. The molecule has 55 heavy (non-hydrogen) atoms. The highest BCUT2D eigenvalue weighted by Crippen LogP contribution is 2.38. The predicted octanol–water partition coefficient (Wildman–Crippen LogP) is 7.95. The van der Waals surface area contributed by atoms with E-state index in [0.717, 1.165) is 16.3 Å². The van der Waals surface area contributed by atoms with E-state index in [1.54, 1.807) is 36.4 Å². The second-order valence-electron chi connectivity index (χ2n) is 15.9. The van der Waals surface area contributed by atoms with Gasteiger partial charge < -0.3 is 24.8 Å². The van der Waals surface area contributed by atoms with Gasteiger partial charge in [0.1, 0.15) is 17.7 Å². The Morgan fingerprint density at radius 3 is 1.84 bits per heavy atom. The van der Waals surface area contributed by atoms with Crippen molar-refractivity contribution in [1.29, 1.82) is 0 Å². The number of rotatable bonds is 10.